The second-order valence-corrected chi connectivity index (χ2v) is 6.04. The lowest BCUT2D eigenvalue weighted by Crippen LogP contribution is -2.29. The topological polar surface area (TPSA) is 16.1 Å². The van der Waals surface area contributed by atoms with Gasteiger partial charge < -0.3 is 4.90 Å². The Kier molecular flexibility index (Phi) is 4.98. The molecule has 0 atom stereocenters. The molecule has 2 aliphatic rings. The van der Waals surface area contributed by atoms with Gasteiger partial charge in [0.05, 0.1) is 0 Å². The van der Waals surface area contributed by atoms with Crippen LogP contribution in [0.15, 0.2) is 24.5 Å². The highest BCUT2D eigenvalue weighted by molar-refractivity contribution is 5.17. The van der Waals surface area contributed by atoms with Crippen molar-refractivity contribution in [2.24, 2.45) is 5.41 Å². The zero-order valence-corrected chi connectivity index (χ0v) is 12.7. The normalized spacial score (nSPS) is 31.0. The average Bonchev–Trinajstić information content (AvgIpc) is 2.84. The monoisotopic (exact) mass is 260 g/mol. The Bertz CT molecular complexity index is 366. The second kappa shape index (κ2) is 6.51. The van der Waals surface area contributed by atoms with Crippen molar-refractivity contribution in [2.75, 3.05) is 20.1 Å². The fraction of sp³-hybridized carbons (Fsp3) is 0.706. The largest absolute Gasteiger partial charge is 0.306 e. The van der Waals surface area contributed by atoms with Gasteiger partial charge in [0.1, 0.15) is 0 Å². The van der Waals surface area contributed by atoms with E-state index in [1.807, 2.05) is 26.2 Å². The number of hydrogen-bond donors (Lipinski definition) is 0. The molecule has 1 aliphatic heterocycles. The van der Waals surface area contributed by atoms with Crippen LogP contribution in [-0.4, -0.2) is 30.0 Å². The highest BCUT2D eigenvalue weighted by atomic mass is 15.1. The predicted molar refractivity (Wildman–Crippen MR) is 81.3 cm³/mol. The quantitative estimate of drug-likeness (QED) is 0.756. The Labute approximate surface area is 118 Å². The molecule has 3 rings (SSSR count). The van der Waals surface area contributed by atoms with Gasteiger partial charge in [-0.05, 0) is 74.7 Å². The summed E-state index contributed by atoms with van der Waals surface area (Å²) in [6.07, 6.45) is 10.9. The van der Waals surface area contributed by atoms with E-state index in [2.05, 4.69) is 29.1 Å². The van der Waals surface area contributed by atoms with Crippen molar-refractivity contribution >= 4 is 0 Å². The summed E-state index contributed by atoms with van der Waals surface area (Å²) in [7, 11) is 2.27. The first-order chi connectivity index (χ1) is 9.27. The molecular formula is C17H28N2. The summed E-state index contributed by atoms with van der Waals surface area (Å²) in [5.41, 5.74) is 2.17. The Morgan fingerprint density at radius 2 is 1.74 bits per heavy atom. The van der Waals surface area contributed by atoms with Crippen LogP contribution in [0.3, 0.4) is 0 Å². The summed E-state index contributed by atoms with van der Waals surface area (Å²) in [4.78, 5) is 6.62. The van der Waals surface area contributed by atoms with Gasteiger partial charge in [-0.25, -0.2) is 0 Å². The van der Waals surface area contributed by atoms with Crippen molar-refractivity contribution in [1.82, 2.24) is 9.88 Å². The molecule has 0 N–H and O–H groups in total. The van der Waals surface area contributed by atoms with E-state index in [1.165, 1.54) is 50.8 Å². The fourth-order valence-corrected chi connectivity index (χ4v) is 3.77. The number of aromatic nitrogens is 1. The van der Waals surface area contributed by atoms with Crippen LogP contribution >= 0.6 is 0 Å². The molecule has 0 radical (unpaired) electrons. The molecule has 1 saturated carbocycles. The molecule has 1 spiro atoms. The Balaban J connectivity index is 0.000000637. The third-order valence-electron chi connectivity index (χ3n) is 4.85. The van der Waals surface area contributed by atoms with Crippen molar-refractivity contribution in [3.05, 3.63) is 30.1 Å². The van der Waals surface area contributed by atoms with Crippen LogP contribution in [0, 0.1) is 5.41 Å². The molecule has 1 saturated heterocycles. The van der Waals surface area contributed by atoms with E-state index in [1.54, 1.807) is 0 Å². The molecule has 0 aromatic carbocycles. The SMILES string of the molecule is CC.CN1CCC2(CCC(c3ccncc3)CC2)C1. The van der Waals surface area contributed by atoms with Crippen molar-refractivity contribution in [3.8, 4) is 0 Å². The number of nitrogens with zero attached hydrogens (tertiary/aromatic N) is 2. The lowest BCUT2D eigenvalue weighted by molar-refractivity contribution is 0.181. The van der Waals surface area contributed by atoms with Gasteiger partial charge in [-0.3, -0.25) is 4.98 Å². The summed E-state index contributed by atoms with van der Waals surface area (Å²) in [5, 5.41) is 0. The molecule has 2 nitrogen and oxygen atoms in total. The van der Waals surface area contributed by atoms with Crippen molar-refractivity contribution in [1.29, 1.82) is 0 Å². The van der Waals surface area contributed by atoms with Gasteiger partial charge in [-0.15, -0.1) is 0 Å². The molecule has 0 amide bonds. The summed E-state index contributed by atoms with van der Waals surface area (Å²) in [6.45, 7) is 6.63. The predicted octanol–water partition coefficient (Wildman–Crippen LogP) is 4.09. The molecular weight excluding hydrogens is 232 g/mol. The van der Waals surface area contributed by atoms with Gasteiger partial charge in [0.2, 0.25) is 0 Å². The van der Waals surface area contributed by atoms with Gasteiger partial charge in [0.25, 0.3) is 0 Å². The van der Waals surface area contributed by atoms with Crippen LogP contribution in [0.1, 0.15) is 57.4 Å². The fourth-order valence-electron chi connectivity index (χ4n) is 3.77. The summed E-state index contributed by atoms with van der Waals surface area (Å²) in [6, 6.07) is 4.40. The maximum atomic E-state index is 4.11. The van der Waals surface area contributed by atoms with E-state index in [9.17, 15) is 0 Å². The minimum absolute atomic E-state index is 0.665. The van der Waals surface area contributed by atoms with Crippen molar-refractivity contribution in [3.63, 3.8) is 0 Å². The highest BCUT2D eigenvalue weighted by Gasteiger charge is 2.39. The maximum Gasteiger partial charge on any atom is 0.0270 e. The third kappa shape index (κ3) is 3.36. The Morgan fingerprint density at radius 1 is 1.11 bits per heavy atom. The lowest BCUT2D eigenvalue weighted by atomic mass is 9.68. The van der Waals surface area contributed by atoms with E-state index in [0.717, 1.165) is 5.92 Å². The molecule has 0 unspecified atom stereocenters. The van der Waals surface area contributed by atoms with Gasteiger partial charge >= 0.3 is 0 Å². The lowest BCUT2D eigenvalue weighted by Gasteiger charge is -2.37. The van der Waals surface area contributed by atoms with Gasteiger partial charge in [0, 0.05) is 18.9 Å². The minimum atomic E-state index is 0.665. The van der Waals surface area contributed by atoms with Crippen LogP contribution in [0.2, 0.25) is 0 Å². The van der Waals surface area contributed by atoms with E-state index >= 15 is 0 Å². The molecule has 106 valence electrons. The molecule has 1 aromatic rings. The van der Waals surface area contributed by atoms with Gasteiger partial charge in [-0.1, -0.05) is 13.8 Å². The first-order valence-corrected chi connectivity index (χ1v) is 7.86. The molecule has 0 bridgehead atoms. The van der Waals surface area contributed by atoms with E-state index < -0.39 is 0 Å². The standard InChI is InChI=1S/C15H22N2.C2H6/c1-17-11-8-15(12-17)6-2-13(3-7-15)14-4-9-16-10-5-14;1-2/h4-5,9-10,13H,2-3,6-8,11-12H2,1H3;1-2H3. The first-order valence-electron chi connectivity index (χ1n) is 7.86. The smallest absolute Gasteiger partial charge is 0.0270 e. The maximum absolute atomic E-state index is 4.11. The van der Waals surface area contributed by atoms with Crippen LogP contribution in [-0.2, 0) is 0 Å². The van der Waals surface area contributed by atoms with E-state index in [4.69, 9.17) is 0 Å². The van der Waals surface area contributed by atoms with Gasteiger partial charge in [-0.2, -0.15) is 0 Å². The number of pyridine rings is 1. The van der Waals surface area contributed by atoms with Crippen LogP contribution in [0.25, 0.3) is 0 Å². The number of rotatable bonds is 1. The second-order valence-electron chi connectivity index (χ2n) is 6.04. The van der Waals surface area contributed by atoms with E-state index in [-0.39, 0.29) is 0 Å². The van der Waals surface area contributed by atoms with Crippen LogP contribution in [0.4, 0.5) is 0 Å². The summed E-state index contributed by atoms with van der Waals surface area (Å²) in [5.74, 6) is 0.787. The van der Waals surface area contributed by atoms with E-state index in [0.29, 0.717) is 5.41 Å². The Hall–Kier alpha value is -0.890. The molecule has 1 aliphatic carbocycles. The molecule has 2 fully saturated rings. The first kappa shape index (κ1) is 14.5. The third-order valence-corrected chi connectivity index (χ3v) is 4.85. The van der Waals surface area contributed by atoms with Crippen LogP contribution in [0.5, 0.6) is 0 Å². The van der Waals surface area contributed by atoms with Crippen molar-refractivity contribution in [2.45, 2.75) is 51.9 Å². The minimum Gasteiger partial charge on any atom is -0.306 e. The Morgan fingerprint density at radius 3 is 2.26 bits per heavy atom. The van der Waals surface area contributed by atoms with Crippen LogP contribution < -0.4 is 0 Å². The van der Waals surface area contributed by atoms with Crippen molar-refractivity contribution < 1.29 is 0 Å². The zero-order chi connectivity index (χ0) is 13.7. The summed E-state index contributed by atoms with van der Waals surface area (Å²) < 4.78 is 0. The molecule has 1 aromatic heterocycles. The number of likely N-dealkylation sites (tertiary alicyclic amines) is 1. The highest BCUT2D eigenvalue weighted by Crippen LogP contribution is 2.47. The number of hydrogen-bond acceptors (Lipinski definition) is 2. The molecule has 2 heteroatoms. The summed E-state index contributed by atoms with van der Waals surface area (Å²) >= 11 is 0. The molecule has 19 heavy (non-hydrogen) atoms. The average molecular weight is 260 g/mol. The zero-order valence-electron chi connectivity index (χ0n) is 12.7. The molecule has 2 heterocycles. The van der Waals surface area contributed by atoms with Gasteiger partial charge in [0.15, 0.2) is 0 Å².